The van der Waals surface area contributed by atoms with Gasteiger partial charge in [-0.2, -0.15) is 0 Å². The third kappa shape index (κ3) is 2.89. The number of hydrogen-bond acceptors (Lipinski definition) is 6. The molecule has 38 heavy (non-hydrogen) atoms. The predicted octanol–water partition coefficient (Wildman–Crippen LogP) is 5.22. The molecule has 8 rings (SSSR count). The van der Waals surface area contributed by atoms with Crippen molar-refractivity contribution in [3.63, 3.8) is 0 Å². The van der Waals surface area contributed by atoms with Gasteiger partial charge in [0, 0.05) is 38.8 Å². The highest BCUT2D eigenvalue weighted by Crippen LogP contribution is 2.50. The van der Waals surface area contributed by atoms with E-state index in [0.29, 0.717) is 40.4 Å². The topological polar surface area (TPSA) is 85.6 Å². The number of benzene rings is 3. The van der Waals surface area contributed by atoms with Crippen molar-refractivity contribution in [1.82, 2.24) is 8.96 Å². The van der Waals surface area contributed by atoms with Gasteiger partial charge in [0.2, 0.25) is 7.37 Å². The van der Waals surface area contributed by atoms with Gasteiger partial charge in [0.1, 0.15) is 22.6 Å². The fourth-order valence-electron chi connectivity index (χ4n) is 5.47. The minimum Gasteiger partial charge on any atom is -0.345 e. The Morgan fingerprint density at radius 1 is 0.737 bits per heavy atom. The minimum absolute atomic E-state index is 0.0993. The molecule has 3 aliphatic rings. The van der Waals surface area contributed by atoms with Gasteiger partial charge in [-0.15, -0.1) is 11.6 Å². The van der Waals surface area contributed by atoms with Crippen molar-refractivity contribution in [1.29, 1.82) is 0 Å². The monoisotopic (exact) mass is 536 g/mol. The Hall–Kier alpha value is -3.78. The van der Waals surface area contributed by atoms with Crippen molar-refractivity contribution in [2.75, 3.05) is 11.8 Å². The molecule has 3 aromatic carbocycles. The van der Waals surface area contributed by atoms with Crippen molar-refractivity contribution in [3.05, 3.63) is 94.9 Å². The molecule has 0 saturated heterocycles. The Kier molecular flexibility index (Phi) is 4.60. The highest BCUT2D eigenvalue weighted by Gasteiger charge is 2.42. The van der Waals surface area contributed by atoms with E-state index in [0.717, 1.165) is 32.7 Å². The number of alkyl halides is 1. The molecular weight excluding hydrogens is 518 g/mol. The number of rotatable bonds is 4. The Morgan fingerprint density at radius 2 is 1.26 bits per heavy atom. The molecule has 0 fully saturated rings. The number of hydrogen-bond donors (Lipinski definition) is 0. The smallest absolute Gasteiger partial charge is 0.345 e. The molecular formula is C27H19BClN6O2P. The van der Waals surface area contributed by atoms with Gasteiger partial charge in [0.05, 0.1) is 5.62 Å². The fourth-order valence-corrected chi connectivity index (χ4v) is 7.06. The molecule has 0 N–H and O–H groups in total. The normalized spacial score (nSPS) is 18.7. The van der Waals surface area contributed by atoms with E-state index in [4.69, 9.17) is 36.0 Å². The molecule has 1 atom stereocenters. The van der Waals surface area contributed by atoms with Crippen LogP contribution in [0.2, 0.25) is 0 Å². The third-order valence-corrected chi connectivity index (χ3v) is 10.4. The first-order valence-electron chi connectivity index (χ1n) is 12.4. The average Bonchev–Trinajstić information content (AvgIpc) is 3.58. The van der Waals surface area contributed by atoms with Gasteiger partial charge < -0.3 is 13.4 Å². The van der Waals surface area contributed by atoms with Crippen molar-refractivity contribution in [2.45, 2.75) is 6.92 Å². The Morgan fingerprint density at radius 3 is 1.87 bits per heavy atom. The van der Waals surface area contributed by atoms with Crippen molar-refractivity contribution in [3.8, 4) is 0 Å². The van der Waals surface area contributed by atoms with Crippen LogP contribution in [-0.4, -0.2) is 39.6 Å². The van der Waals surface area contributed by atoms with E-state index < -0.39 is 14.6 Å². The quantitative estimate of drug-likeness (QED) is 0.179. The van der Waals surface area contributed by atoms with Crippen LogP contribution in [0.4, 0.5) is 11.6 Å². The Bertz CT molecular complexity index is 2090. The third-order valence-electron chi connectivity index (χ3n) is 7.38. The summed E-state index contributed by atoms with van der Waals surface area (Å²) in [6.07, 6.45) is 0.296. The molecule has 4 bridgehead atoms. The first kappa shape index (κ1) is 22.2. The van der Waals surface area contributed by atoms with E-state index >= 15 is 0 Å². The lowest BCUT2D eigenvalue weighted by Crippen LogP contribution is -2.49. The van der Waals surface area contributed by atoms with Gasteiger partial charge in [-0.1, -0.05) is 79.7 Å². The second-order valence-corrected chi connectivity index (χ2v) is 12.9. The van der Waals surface area contributed by atoms with Crippen LogP contribution in [-0.2, 0) is 9.01 Å². The van der Waals surface area contributed by atoms with Crippen LogP contribution in [0.25, 0.3) is 21.5 Å². The molecule has 8 nitrogen and oxygen atoms in total. The molecule has 0 radical (unpaired) electrons. The number of halogens is 1. The van der Waals surface area contributed by atoms with E-state index in [9.17, 15) is 4.57 Å². The summed E-state index contributed by atoms with van der Waals surface area (Å²) in [5, 5.41) is 3.64. The molecule has 0 amide bonds. The van der Waals surface area contributed by atoms with E-state index in [1.165, 1.54) is 0 Å². The number of fused-ring (bicyclic) bond motifs is 10. The van der Waals surface area contributed by atoms with E-state index in [2.05, 4.69) is 0 Å². The molecule has 3 aliphatic heterocycles. The summed E-state index contributed by atoms with van der Waals surface area (Å²) in [7, 11) is -4.07. The first-order valence-corrected chi connectivity index (χ1v) is 14.9. The summed E-state index contributed by atoms with van der Waals surface area (Å²) >= 11 is 6.24. The average molecular weight is 537 g/mol. The molecule has 5 heterocycles. The van der Waals surface area contributed by atoms with Gasteiger partial charge in [0.15, 0.2) is 11.7 Å². The number of aromatic nitrogens is 2. The SMILES string of the molecule is CCP(=O)(CCl)OB1n2c3c4ccccc4c2/N=C2N=C(/N=c4/c5ccccc5c(n41)=N3)c1ccccc1\2. The Labute approximate surface area is 222 Å². The van der Waals surface area contributed by atoms with Crippen LogP contribution in [0.15, 0.2) is 92.8 Å². The maximum atomic E-state index is 13.8. The van der Waals surface area contributed by atoms with Gasteiger partial charge in [0.25, 0.3) is 0 Å². The zero-order valence-corrected chi connectivity index (χ0v) is 21.9. The van der Waals surface area contributed by atoms with Gasteiger partial charge in [-0.25, -0.2) is 20.0 Å². The molecule has 2 aromatic heterocycles. The maximum absolute atomic E-state index is 13.8. The molecule has 0 spiro atoms. The van der Waals surface area contributed by atoms with Crippen molar-refractivity contribution < 1.29 is 9.01 Å². The maximum Gasteiger partial charge on any atom is 0.568 e. The zero-order valence-electron chi connectivity index (χ0n) is 20.2. The summed E-state index contributed by atoms with van der Waals surface area (Å²) in [6.45, 7) is 1.83. The lowest BCUT2D eigenvalue weighted by Gasteiger charge is -2.26. The molecule has 5 aromatic rings. The zero-order chi connectivity index (χ0) is 25.6. The van der Waals surface area contributed by atoms with Crippen LogP contribution < -0.4 is 11.0 Å². The standard InChI is InChI=1S/C27H19BClN6O2P/c1-2-38(36,15-29)37-28-34-24-18-11-5-7-13-20(18)26(34)33-27-21-14-8-6-12-19(21)25(35(27)28)32-23-17-10-4-3-9-16(17)22(30-23)31-24/h3-14H,2,15H2,1H3/b31-22-,31-24?,32-23?,32-25-. The Balaban J connectivity index is 1.63. The number of aliphatic imine (C=N–C) groups is 2. The molecule has 0 saturated carbocycles. The summed E-state index contributed by atoms with van der Waals surface area (Å²) in [4.78, 5) is 20.3. The fraction of sp³-hybridized carbons (Fsp3) is 0.111. The lowest BCUT2D eigenvalue weighted by molar-refractivity contribution is 0.476. The van der Waals surface area contributed by atoms with Crippen LogP contribution in [0, 0.1) is 0 Å². The van der Waals surface area contributed by atoms with Crippen molar-refractivity contribution in [2.24, 2.45) is 20.0 Å². The highest BCUT2D eigenvalue weighted by atomic mass is 35.5. The minimum atomic E-state index is -3.21. The lowest BCUT2D eigenvalue weighted by atomic mass is 10.00. The first-order chi connectivity index (χ1) is 18.6. The molecule has 1 unspecified atom stereocenters. The summed E-state index contributed by atoms with van der Waals surface area (Å²) < 4.78 is 24.1. The van der Waals surface area contributed by atoms with E-state index in [1.54, 1.807) is 0 Å². The highest BCUT2D eigenvalue weighted by molar-refractivity contribution is 7.61. The second-order valence-electron chi connectivity index (χ2n) is 9.45. The summed E-state index contributed by atoms with van der Waals surface area (Å²) in [5.41, 5.74) is 3.02. The predicted molar refractivity (Wildman–Crippen MR) is 152 cm³/mol. The van der Waals surface area contributed by atoms with Crippen molar-refractivity contribution >= 4 is 71.0 Å². The van der Waals surface area contributed by atoms with Gasteiger partial charge >= 0.3 is 7.19 Å². The van der Waals surface area contributed by atoms with E-state index in [1.807, 2.05) is 88.7 Å². The molecule has 184 valence electrons. The van der Waals surface area contributed by atoms with Crippen LogP contribution in [0.5, 0.6) is 0 Å². The number of amidine groups is 2. The number of nitrogens with zero attached hydrogens (tertiary/aromatic N) is 6. The van der Waals surface area contributed by atoms with Gasteiger partial charge in [-0.05, 0) is 0 Å². The molecule has 0 aliphatic carbocycles. The van der Waals surface area contributed by atoms with Crippen LogP contribution >= 0.6 is 19.0 Å². The van der Waals surface area contributed by atoms with E-state index in [-0.39, 0.29) is 5.62 Å². The van der Waals surface area contributed by atoms with Crippen LogP contribution in [0.3, 0.4) is 0 Å². The largest absolute Gasteiger partial charge is 0.568 e. The van der Waals surface area contributed by atoms with Crippen LogP contribution in [0.1, 0.15) is 18.1 Å². The molecule has 11 heteroatoms. The summed E-state index contributed by atoms with van der Waals surface area (Å²) in [5.74, 6) is 2.44. The van der Waals surface area contributed by atoms with Gasteiger partial charge in [-0.3, -0.25) is 4.57 Å². The second kappa shape index (κ2) is 7.87. The summed E-state index contributed by atoms with van der Waals surface area (Å²) in [6, 6.07) is 24.0.